The van der Waals surface area contributed by atoms with Crippen molar-refractivity contribution in [2.24, 2.45) is 11.8 Å². The Morgan fingerprint density at radius 1 is 0.528 bits per heavy atom. The molecule has 0 radical (unpaired) electrons. The fourth-order valence-electron chi connectivity index (χ4n) is 9.78. The predicted octanol–water partition coefficient (Wildman–Crippen LogP) is 8.09. The number of carboxylic acid groups (broad SMARTS) is 4. The van der Waals surface area contributed by atoms with Crippen LogP contribution in [-0.4, -0.2) is 168 Å². The van der Waals surface area contributed by atoms with Crippen LogP contribution >= 0.6 is 0 Å². The molecule has 8 aromatic rings. The second kappa shape index (κ2) is 41.1. The van der Waals surface area contributed by atoms with E-state index in [-0.39, 0.29) is 46.7 Å². The number of nitrogens with two attached hydrogens (primary N) is 2. The quantitative estimate of drug-likeness (QED) is 0.00967. The first-order valence-electron chi connectivity index (χ1n) is 39.3. The number of ether oxygens (including phenoxy) is 8. The highest BCUT2D eigenvalue weighted by Crippen LogP contribution is 2.38. The van der Waals surface area contributed by atoms with E-state index in [1.165, 1.54) is 168 Å². The molecule has 2 aliphatic carbocycles. The topological polar surface area (TPSA) is 480 Å². The molecule has 0 amide bonds. The van der Waals surface area contributed by atoms with Crippen molar-refractivity contribution >= 4 is 59.4 Å². The van der Waals surface area contributed by atoms with Gasteiger partial charge in [0.05, 0.1) is 82.6 Å². The Bertz CT molecular complexity index is 4600. The van der Waals surface area contributed by atoms with E-state index in [4.69, 9.17) is 71.3 Å². The normalized spacial score (nSPS) is 20.3. The number of carbonyl (C=O) groups excluding carboxylic acids is 4. The van der Waals surface area contributed by atoms with Crippen LogP contribution in [0.25, 0.3) is 22.5 Å². The summed E-state index contributed by atoms with van der Waals surface area (Å²) in [6.07, 6.45) is -26.8. The van der Waals surface area contributed by atoms with E-state index in [1.807, 2.05) is 12.1 Å². The van der Waals surface area contributed by atoms with E-state index in [9.17, 15) is 69.3 Å². The van der Waals surface area contributed by atoms with Crippen LogP contribution in [0.2, 0.25) is 0 Å². The van der Waals surface area contributed by atoms with Gasteiger partial charge in [-0.3, -0.25) is 4.68 Å². The second-order valence-electron chi connectivity index (χ2n) is 21.9. The number of benzene rings is 4. The van der Waals surface area contributed by atoms with E-state index in [0.717, 1.165) is 4.68 Å². The first-order chi connectivity index (χ1) is 57.2. The summed E-state index contributed by atoms with van der Waals surface area (Å²) in [6, 6.07) is 30.8. The third kappa shape index (κ3) is 22.8. The molecule has 32 heteroatoms. The van der Waals surface area contributed by atoms with Gasteiger partial charge in [0.15, 0.2) is 18.6 Å². The lowest BCUT2D eigenvalue weighted by molar-refractivity contribution is -0.779. The Morgan fingerprint density at radius 2 is 0.868 bits per heavy atom. The minimum Gasteiger partial charge on any atom is -0.478 e. The van der Waals surface area contributed by atoms with Crippen molar-refractivity contribution in [3.8, 4) is 34.7 Å². The first-order valence-corrected chi connectivity index (χ1v) is 31.3. The molecule has 0 aliphatic heterocycles. The largest absolute Gasteiger partial charge is 0.478 e. The third-order valence-electron chi connectivity index (χ3n) is 15.1. The monoisotopic (exact) mass is 1470 g/mol. The van der Waals surface area contributed by atoms with Crippen molar-refractivity contribution < 1.29 is 123 Å². The van der Waals surface area contributed by atoms with Crippen LogP contribution in [0.15, 0.2) is 159 Å². The van der Waals surface area contributed by atoms with Gasteiger partial charge in [-0.25, -0.2) is 58.3 Å². The highest BCUT2D eigenvalue weighted by Gasteiger charge is 2.43. The lowest BCUT2D eigenvalue weighted by Gasteiger charge is -2.21. The fourth-order valence-corrected chi connectivity index (χ4v) is 9.78. The van der Waals surface area contributed by atoms with Gasteiger partial charge in [-0.15, -0.1) is 4.68 Å². The summed E-state index contributed by atoms with van der Waals surface area (Å²) in [4.78, 5) is 110. The van der Waals surface area contributed by atoms with Gasteiger partial charge in [0.2, 0.25) is 30.6 Å². The SMILES string of the molecule is O=C(O[C@@H](C(=O)O)[C@@H](OC(=O)c1ccccc1)C(=O)O)c1ccccc1.O=C(O[C@@H](C(=O)O)[C@@H](OC(=O)c1ccccc1)C(=O)O)c1ccccc1.[2H]C1([2H])C([C@@H](CC#N)[n+]2cc(-c3ncnc(N)c3CC(OC)OC)c[nH]2)C([2H])([2H])C([2H])([2H])C1([2H])[2H].[2H]C1([2H])C([C@@H](CC#N)n2cc(-c3ncnc(N)c3CC(OC)OC)cn2)C([2H])([2H])C([2H])([2H])C1([2H])[2H]. The number of methoxy groups -OCH3 is 4. The molecule has 556 valence electrons. The summed E-state index contributed by atoms with van der Waals surface area (Å²) in [5.41, 5.74) is 14.8. The van der Waals surface area contributed by atoms with Crippen LogP contribution in [0.1, 0.15) is 150 Å². The van der Waals surface area contributed by atoms with Crippen LogP contribution in [0.3, 0.4) is 0 Å². The van der Waals surface area contributed by atoms with E-state index >= 15 is 0 Å². The lowest BCUT2D eigenvalue weighted by atomic mass is 9.96. The maximum atomic E-state index is 12.0. The van der Waals surface area contributed by atoms with Gasteiger partial charge in [0.25, 0.3) is 0 Å². The Kier molecular flexibility index (Phi) is 23.3. The van der Waals surface area contributed by atoms with Crippen molar-refractivity contribution in [2.75, 3.05) is 39.9 Å². The van der Waals surface area contributed by atoms with E-state index in [1.54, 1.807) is 24.3 Å². The molecule has 0 spiro atoms. The number of carboxylic acids is 4. The number of nitrogens with zero attached hydrogens (tertiary/aromatic N) is 9. The lowest BCUT2D eigenvalue weighted by Crippen LogP contribution is -2.45. The molecule has 0 saturated heterocycles. The summed E-state index contributed by atoms with van der Waals surface area (Å²) in [7, 11) is 5.84. The molecule has 4 aromatic carbocycles. The van der Waals surface area contributed by atoms with Crippen molar-refractivity contribution in [2.45, 2.75) is 126 Å². The number of hydrogen-bond acceptors (Lipinski definition) is 25. The van der Waals surface area contributed by atoms with Crippen LogP contribution in [-0.2, 0) is 69.9 Å². The van der Waals surface area contributed by atoms with Crippen LogP contribution in [0.5, 0.6) is 0 Å². The molecular weight excluding hydrogens is 1380 g/mol. The zero-order valence-corrected chi connectivity index (χ0v) is 56.6. The molecule has 9 N–H and O–H groups in total. The van der Waals surface area contributed by atoms with Crippen molar-refractivity contribution in [3.63, 3.8) is 0 Å². The minimum absolute atomic E-state index is 0.0253. The maximum Gasteiger partial charge on any atom is 0.349 e. The Hall–Kier alpha value is -12.4. The van der Waals surface area contributed by atoms with Crippen LogP contribution in [0.4, 0.5) is 11.6 Å². The smallest absolute Gasteiger partial charge is 0.349 e. The summed E-state index contributed by atoms with van der Waals surface area (Å²) < 4.78 is 174. The Labute approximate surface area is 630 Å². The summed E-state index contributed by atoms with van der Waals surface area (Å²) in [6.45, 7) is 0. The van der Waals surface area contributed by atoms with Gasteiger partial charge in [-0.2, -0.15) is 20.7 Å². The molecule has 0 bridgehead atoms. The van der Waals surface area contributed by atoms with Crippen molar-refractivity contribution in [3.05, 3.63) is 192 Å². The number of nitrogens with one attached hydrogen (secondary N) is 1. The highest BCUT2D eigenvalue weighted by atomic mass is 16.7. The molecule has 2 saturated carbocycles. The number of carbonyl (C=O) groups is 8. The third-order valence-corrected chi connectivity index (χ3v) is 15.1. The van der Waals surface area contributed by atoms with Gasteiger partial charge >= 0.3 is 47.8 Å². The zero-order valence-electron chi connectivity index (χ0n) is 72.6. The zero-order chi connectivity index (χ0) is 91.0. The van der Waals surface area contributed by atoms with E-state index < -0.39 is 172 Å². The van der Waals surface area contributed by atoms with Crippen LogP contribution < -0.4 is 16.1 Å². The molecule has 4 aromatic heterocycles. The van der Waals surface area contributed by atoms with E-state index in [0.29, 0.717) is 33.6 Å². The van der Waals surface area contributed by atoms with Crippen LogP contribution in [0, 0.1) is 34.5 Å². The number of aliphatic carboxylic acids is 4. The van der Waals surface area contributed by atoms with Crippen molar-refractivity contribution in [1.82, 2.24) is 34.8 Å². The number of nitrogen functional groups attached to an aromatic ring is 2. The molecule has 10 rings (SSSR count). The minimum atomic E-state index is -3.17. The highest BCUT2D eigenvalue weighted by molar-refractivity contribution is 5.96. The molecule has 6 atom stereocenters. The molecule has 0 unspecified atom stereocenters. The number of aromatic amines is 1. The number of esters is 4. The van der Waals surface area contributed by atoms with Gasteiger partial charge in [-0.1, -0.05) is 98.3 Å². The van der Waals surface area contributed by atoms with Crippen molar-refractivity contribution in [1.29, 1.82) is 10.5 Å². The predicted molar refractivity (Wildman–Crippen MR) is 373 cm³/mol. The number of nitriles is 2. The first kappa shape index (κ1) is 60.1. The van der Waals surface area contributed by atoms with Gasteiger partial charge in [-0.05, 0) is 79.9 Å². The average molecular weight is 1470 g/mol. The summed E-state index contributed by atoms with van der Waals surface area (Å²) >= 11 is 0. The molecule has 106 heavy (non-hydrogen) atoms. The fraction of sp³-hybridized carbons (Fsp3) is 0.351. The summed E-state index contributed by atoms with van der Waals surface area (Å²) in [5, 5.41) is 62.9. The standard InChI is InChI=1S/2C19H26N6O2.2C18H14O8/c2*1-26-17(27-2)9-15-18(22-12-23-19(15)21)14-10-24-25(11-14)16(7-8-20)13-5-3-4-6-13;2*19-15(20)13(25-17(23)11-7-3-1-4-8-11)14(16(21)22)26-18(24)12-9-5-2-6-10-12/h2*10-13,16-17H,3-7,9H2,1-2H3,(H2,21,22,23);2*1-10,13-14H,(H,19,20)(H,21,22)/p+1/t2*16-;2*13-,14-/m1111/s1/i2*3D2,4D2,5D2,6D2;;. The molecule has 4 heterocycles. The second-order valence-corrected chi connectivity index (χ2v) is 21.9. The van der Waals surface area contributed by atoms with E-state index in [2.05, 4.69) is 30.1 Å². The maximum absolute atomic E-state index is 12.0. The molecule has 32 nitrogen and oxygen atoms in total. The number of aromatic nitrogens is 8. The van der Waals surface area contributed by atoms with Gasteiger partial charge in [0.1, 0.15) is 24.3 Å². The van der Waals surface area contributed by atoms with Gasteiger partial charge in [0, 0.05) is 92.0 Å². The summed E-state index contributed by atoms with van der Waals surface area (Å²) in [5.74, 6) is -14.6. The average Bonchev–Trinajstić information content (AvgIpc) is 1.52. The molecule has 2 aliphatic rings. The molecule has 2 fully saturated rings. The Morgan fingerprint density at radius 3 is 1.20 bits per heavy atom. The number of rotatable bonds is 30. The number of H-pyrrole nitrogens is 1. The number of anilines is 2. The number of hydrogen-bond donors (Lipinski definition) is 7. The van der Waals surface area contributed by atoms with Gasteiger partial charge < -0.3 is 69.8 Å². The molecular formula is C74H81N12O20+. The Balaban J connectivity index is 0.000000226.